The van der Waals surface area contributed by atoms with Crippen LogP contribution in [0.15, 0.2) is 0 Å². The lowest BCUT2D eigenvalue weighted by atomic mass is 11.7. The molecule has 0 spiro atoms. The standard InChI is InChI=1S/CH4O3S.CHO2/c2-1-5(3)4;2-1-3/h2,5H,1H2;(H,2,3). The van der Waals surface area contributed by atoms with Gasteiger partial charge in [-0.15, -0.1) is 0 Å². The molecule has 0 aromatic rings. The number of thiol groups is 1. The van der Waals surface area contributed by atoms with E-state index in [1.54, 1.807) is 0 Å². The third-order valence-corrected chi connectivity index (χ3v) is 0.346. The summed E-state index contributed by atoms with van der Waals surface area (Å²) in [5.41, 5.74) is 0. The SMILES string of the molecule is O=[C]O.O=[SH](=O)CO. The van der Waals surface area contributed by atoms with Gasteiger partial charge in [0.1, 0.15) is 5.94 Å². The van der Waals surface area contributed by atoms with Crippen molar-refractivity contribution in [1.82, 2.24) is 0 Å². The third kappa shape index (κ3) is 54.2. The molecule has 0 saturated heterocycles. The van der Waals surface area contributed by atoms with E-state index >= 15 is 0 Å². The number of aliphatic hydroxyl groups excluding tert-OH is 2. The van der Waals surface area contributed by atoms with Crippen LogP contribution in [0.4, 0.5) is 0 Å². The lowest BCUT2D eigenvalue weighted by Crippen LogP contribution is -1.78. The average Bonchev–Trinajstić information content (AvgIpc) is 1.69. The Balaban J connectivity index is 0. The summed E-state index contributed by atoms with van der Waals surface area (Å²) in [6.45, 7) is 0.500. The van der Waals surface area contributed by atoms with Gasteiger partial charge in [0.05, 0.1) is 0 Å². The van der Waals surface area contributed by atoms with Gasteiger partial charge >= 0.3 is 6.47 Å². The minimum atomic E-state index is -2.54. The molecule has 0 heterocycles. The first-order valence-electron chi connectivity index (χ1n) is 1.43. The summed E-state index contributed by atoms with van der Waals surface area (Å²) in [6, 6.07) is 0. The first kappa shape index (κ1) is 10.4. The zero-order chi connectivity index (χ0) is 6.99. The van der Waals surface area contributed by atoms with Crippen molar-refractivity contribution in [2.45, 2.75) is 0 Å². The summed E-state index contributed by atoms with van der Waals surface area (Å²) in [7, 11) is -2.54. The summed E-state index contributed by atoms with van der Waals surface area (Å²) in [6.07, 6.45) is 0. The van der Waals surface area contributed by atoms with E-state index in [1.807, 2.05) is 0 Å². The highest BCUT2D eigenvalue weighted by Crippen LogP contribution is 1.47. The van der Waals surface area contributed by atoms with E-state index in [0.29, 0.717) is 6.47 Å². The molecule has 5 nitrogen and oxygen atoms in total. The lowest BCUT2D eigenvalue weighted by Gasteiger charge is -1.61. The second kappa shape index (κ2) is 9.63. The minimum absolute atomic E-state index is 0.500. The maximum atomic E-state index is 9.16. The van der Waals surface area contributed by atoms with E-state index in [9.17, 15) is 0 Å². The first-order valence-corrected chi connectivity index (χ1v) is 2.79. The highest BCUT2D eigenvalue weighted by Gasteiger charge is 1.66. The Morgan fingerprint density at radius 1 is 1.50 bits per heavy atom. The monoisotopic (exact) mass is 141 g/mol. The van der Waals surface area contributed by atoms with Gasteiger partial charge in [0.25, 0.3) is 0 Å². The molecule has 8 heavy (non-hydrogen) atoms. The molecule has 0 saturated carbocycles. The molecule has 0 fully saturated rings. The van der Waals surface area contributed by atoms with E-state index < -0.39 is 16.6 Å². The van der Waals surface area contributed by atoms with Crippen LogP contribution >= 0.6 is 0 Å². The van der Waals surface area contributed by atoms with Gasteiger partial charge in [0.2, 0.25) is 0 Å². The van der Waals surface area contributed by atoms with Gasteiger partial charge in [-0.05, 0) is 0 Å². The van der Waals surface area contributed by atoms with E-state index in [4.69, 9.17) is 23.4 Å². The predicted molar refractivity (Wildman–Crippen MR) is 25.7 cm³/mol. The number of rotatable bonds is 1. The summed E-state index contributed by atoms with van der Waals surface area (Å²) in [4.78, 5) is 8.24. The van der Waals surface area contributed by atoms with E-state index in [2.05, 4.69) is 0 Å². The molecule has 0 aliphatic carbocycles. The van der Waals surface area contributed by atoms with Crippen LogP contribution in [0.1, 0.15) is 0 Å². The van der Waals surface area contributed by atoms with Crippen molar-refractivity contribution in [3.63, 3.8) is 0 Å². The fraction of sp³-hybridized carbons (Fsp3) is 0.500. The predicted octanol–water partition coefficient (Wildman–Crippen LogP) is -1.84. The largest absolute Gasteiger partial charge is 0.473 e. The summed E-state index contributed by atoms with van der Waals surface area (Å²) in [5, 5.41) is 14.3. The molecule has 1 radical (unpaired) electrons. The van der Waals surface area contributed by atoms with Crippen molar-refractivity contribution >= 4 is 17.2 Å². The Morgan fingerprint density at radius 2 is 1.62 bits per heavy atom. The Morgan fingerprint density at radius 3 is 1.62 bits per heavy atom. The fourth-order valence-electron chi connectivity index (χ4n) is 0. The molecule has 0 aromatic carbocycles. The molecule has 0 aromatic heterocycles. The van der Waals surface area contributed by atoms with Crippen LogP contribution in [-0.4, -0.2) is 31.0 Å². The molecular formula is C2H5O5S. The Bertz CT molecular complexity index is 97.0. The van der Waals surface area contributed by atoms with Crippen molar-refractivity contribution in [1.29, 1.82) is 0 Å². The second-order valence-electron chi connectivity index (χ2n) is 0.565. The molecule has 0 amide bonds. The summed E-state index contributed by atoms with van der Waals surface area (Å²) >= 11 is 0. The van der Waals surface area contributed by atoms with Gasteiger partial charge in [-0.3, -0.25) is 0 Å². The average molecular weight is 141 g/mol. The number of hydrogen-bond donors (Lipinski definition) is 3. The van der Waals surface area contributed by atoms with E-state index in [-0.39, 0.29) is 0 Å². The third-order valence-electron chi connectivity index (χ3n) is 0.115. The molecule has 0 atom stereocenters. The second-order valence-corrected chi connectivity index (χ2v) is 1.51. The van der Waals surface area contributed by atoms with Crippen molar-refractivity contribution in [2.75, 3.05) is 5.94 Å². The molecular weight excluding hydrogens is 136 g/mol. The van der Waals surface area contributed by atoms with Crippen molar-refractivity contribution in [3.8, 4) is 0 Å². The Labute approximate surface area is 47.5 Å². The van der Waals surface area contributed by atoms with Gasteiger partial charge < -0.3 is 10.2 Å². The number of hydrogen-bond acceptors (Lipinski definition) is 4. The maximum absolute atomic E-state index is 9.16. The van der Waals surface area contributed by atoms with Crippen LogP contribution in [0, 0.1) is 0 Å². The molecule has 2 N–H and O–H groups in total. The highest BCUT2D eigenvalue weighted by atomic mass is 32.2. The van der Waals surface area contributed by atoms with Crippen LogP contribution in [0.5, 0.6) is 0 Å². The zero-order valence-electron chi connectivity index (χ0n) is 3.77. The van der Waals surface area contributed by atoms with Gasteiger partial charge in [-0.25, -0.2) is 13.2 Å². The maximum Gasteiger partial charge on any atom is 0.414 e. The first-order chi connectivity index (χ1) is 3.68. The normalized spacial score (nSPS) is 7.25. The topological polar surface area (TPSA) is 91.7 Å². The molecule has 0 aliphatic heterocycles. The van der Waals surface area contributed by atoms with Gasteiger partial charge in [-0.2, -0.15) is 0 Å². The molecule has 0 bridgehead atoms. The summed E-state index contributed by atoms with van der Waals surface area (Å²) < 4.78 is 18.3. The fourth-order valence-corrected chi connectivity index (χ4v) is 0. The van der Waals surface area contributed by atoms with Crippen LogP contribution < -0.4 is 0 Å². The van der Waals surface area contributed by atoms with Crippen molar-refractivity contribution in [2.24, 2.45) is 0 Å². The van der Waals surface area contributed by atoms with Crippen LogP contribution in [0.2, 0.25) is 0 Å². The molecule has 0 rings (SSSR count). The van der Waals surface area contributed by atoms with E-state index in [1.165, 1.54) is 0 Å². The van der Waals surface area contributed by atoms with Crippen molar-refractivity contribution in [3.05, 3.63) is 0 Å². The van der Waals surface area contributed by atoms with Gasteiger partial charge in [0.15, 0.2) is 10.7 Å². The zero-order valence-corrected chi connectivity index (χ0v) is 4.67. The van der Waals surface area contributed by atoms with Crippen LogP contribution in [0.3, 0.4) is 0 Å². The molecule has 0 aliphatic rings. The Hall–Kier alpha value is -0.620. The molecule has 6 heteroatoms. The van der Waals surface area contributed by atoms with Gasteiger partial charge in [-0.1, -0.05) is 0 Å². The van der Waals surface area contributed by atoms with Crippen molar-refractivity contribution < 1.29 is 23.4 Å². The Kier molecular flexibility index (Phi) is 12.5. The summed E-state index contributed by atoms with van der Waals surface area (Å²) in [5.74, 6) is -0.741. The minimum Gasteiger partial charge on any atom is -0.473 e. The molecule has 0 unspecified atom stereocenters. The van der Waals surface area contributed by atoms with Crippen LogP contribution in [-0.2, 0) is 15.5 Å². The number of aliphatic hydroxyl groups is 1. The van der Waals surface area contributed by atoms with Gasteiger partial charge in [0, 0.05) is 0 Å². The van der Waals surface area contributed by atoms with E-state index in [0.717, 1.165) is 0 Å². The quantitative estimate of drug-likeness (QED) is 0.373. The highest BCUT2D eigenvalue weighted by molar-refractivity contribution is 7.72. The smallest absolute Gasteiger partial charge is 0.414 e. The lowest BCUT2D eigenvalue weighted by molar-refractivity contribution is 0.363. The molecule has 49 valence electrons. The van der Waals surface area contributed by atoms with Crippen LogP contribution in [0.25, 0.3) is 0 Å².